The molecule has 0 bridgehead atoms. The lowest BCUT2D eigenvalue weighted by Crippen LogP contribution is -2.59. The van der Waals surface area contributed by atoms with Gasteiger partial charge < -0.3 is 21.3 Å². The monoisotopic (exact) mass is 524 g/mol. The molecule has 1 unspecified atom stereocenters. The van der Waals surface area contributed by atoms with Crippen molar-refractivity contribution < 1.29 is 24.0 Å². The number of thioether (sulfide) groups is 1. The fraction of sp³-hybridized carbons (Fsp3) is 0.808. The van der Waals surface area contributed by atoms with Gasteiger partial charge in [-0.25, -0.2) is 0 Å². The molecule has 4 amide bonds. The molecule has 2 aliphatic rings. The molecular formula is C26H44N4O5S. The minimum atomic E-state index is -0.955. The van der Waals surface area contributed by atoms with Crippen molar-refractivity contribution in [2.75, 3.05) is 12.0 Å². The molecule has 0 aromatic heterocycles. The van der Waals surface area contributed by atoms with Crippen LogP contribution in [0.25, 0.3) is 0 Å². The van der Waals surface area contributed by atoms with Crippen molar-refractivity contribution in [3.8, 4) is 0 Å². The molecule has 204 valence electrons. The molecule has 2 rings (SSSR count). The van der Waals surface area contributed by atoms with Crippen LogP contribution in [0.5, 0.6) is 0 Å². The topological polar surface area (TPSA) is 133 Å². The van der Waals surface area contributed by atoms with Crippen molar-refractivity contribution in [2.45, 2.75) is 110 Å². The van der Waals surface area contributed by atoms with Gasteiger partial charge in [0.05, 0.1) is 6.04 Å². The molecular weight excluding hydrogens is 480 g/mol. The van der Waals surface area contributed by atoms with Gasteiger partial charge in [-0.05, 0) is 49.0 Å². The maximum absolute atomic E-state index is 13.5. The zero-order chi connectivity index (χ0) is 26.9. The lowest BCUT2D eigenvalue weighted by atomic mass is 9.83. The summed E-state index contributed by atoms with van der Waals surface area (Å²) in [5.74, 6) is -1.69. The summed E-state index contributed by atoms with van der Waals surface area (Å²) in [6.45, 7) is 6.89. The molecule has 0 aromatic carbocycles. The van der Waals surface area contributed by atoms with Gasteiger partial charge >= 0.3 is 0 Å². The summed E-state index contributed by atoms with van der Waals surface area (Å²) in [4.78, 5) is 63.8. The minimum Gasteiger partial charge on any atom is -0.347 e. The summed E-state index contributed by atoms with van der Waals surface area (Å²) >= 11 is 1.53. The van der Waals surface area contributed by atoms with Gasteiger partial charge in [0.25, 0.3) is 5.91 Å². The normalized spacial score (nSPS) is 18.9. The van der Waals surface area contributed by atoms with Crippen LogP contribution in [0.3, 0.4) is 0 Å². The molecule has 9 nitrogen and oxygen atoms in total. The summed E-state index contributed by atoms with van der Waals surface area (Å²) in [6, 6.07) is -2.60. The van der Waals surface area contributed by atoms with Crippen molar-refractivity contribution in [3.63, 3.8) is 0 Å². The zero-order valence-corrected chi connectivity index (χ0v) is 23.2. The van der Waals surface area contributed by atoms with Crippen molar-refractivity contribution in [3.05, 3.63) is 0 Å². The number of amides is 4. The number of carbonyl (C=O) groups is 5. The zero-order valence-electron chi connectivity index (χ0n) is 22.4. The van der Waals surface area contributed by atoms with E-state index in [4.69, 9.17) is 0 Å². The third kappa shape index (κ3) is 10.1. The van der Waals surface area contributed by atoms with Crippen LogP contribution < -0.4 is 21.3 Å². The van der Waals surface area contributed by atoms with Gasteiger partial charge in [-0.1, -0.05) is 52.9 Å². The highest BCUT2D eigenvalue weighted by atomic mass is 32.2. The van der Waals surface area contributed by atoms with Gasteiger partial charge in [0.1, 0.15) is 12.1 Å². The number of nitrogens with one attached hydrogen (secondary N) is 4. The predicted octanol–water partition coefficient (Wildman–Crippen LogP) is 2.08. The summed E-state index contributed by atoms with van der Waals surface area (Å²) < 4.78 is 0. The van der Waals surface area contributed by atoms with Gasteiger partial charge in [0.15, 0.2) is 0 Å². The Bertz CT molecular complexity index is 803. The van der Waals surface area contributed by atoms with E-state index in [1.807, 2.05) is 27.0 Å². The molecule has 2 aliphatic carbocycles. The number of Topliss-reactive ketones (excluding diaryl/α,β-unsaturated/α-hetero) is 1. The van der Waals surface area contributed by atoms with Crippen LogP contribution in [-0.4, -0.2) is 65.6 Å². The van der Waals surface area contributed by atoms with Gasteiger partial charge in [-0.15, -0.1) is 0 Å². The summed E-state index contributed by atoms with van der Waals surface area (Å²) in [7, 11) is 0. The van der Waals surface area contributed by atoms with E-state index in [2.05, 4.69) is 21.3 Å². The van der Waals surface area contributed by atoms with Crippen LogP contribution in [0.4, 0.5) is 0 Å². The lowest BCUT2D eigenvalue weighted by molar-refractivity contribution is -0.140. The Balaban J connectivity index is 2.19. The van der Waals surface area contributed by atoms with E-state index in [0.717, 1.165) is 44.9 Å². The summed E-state index contributed by atoms with van der Waals surface area (Å²) in [5.41, 5.74) is -0.570. The molecule has 0 aromatic rings. The molecule has 4 N–H and O–H groups in total. The van der Waals surface area contributed by atoms with Crippen molar-refractivity contribution in [2.24, 2.45) is 11.3 Å². The highest BCUT2D eigenvalue weighted by Crippen LogP contribution is 2.28. The van der Waals surface area contributed by atoms with Gasteiger partial charge in [-0.2, -0.15) is 11.8 Å². The average molecular weight is 525 g/mol. The van der Waals surface area contributed by atoms with Crippen molar-refractivity contribution in [1.82, 2.24) is 21.3 Å². The molecule has 2 saturated carbocycles. The number of carbonyl (C=O) groups excluding carboxylic acids is 5. The Morgan fingerprint density at radius 3 is 2.00 bits per heavy atom. The Morgan fingerprint density at radius 2 is 1.47 bits per heavy atom. The van der Waals surface area contributed by atoms with E-state index < -0.39 is 47.0 Å². The second-order valence-electron chi connectivity index (χ2n) is 11.3. The summed E-state index contributed by atoms with van der Waals surface area (Å²) in [6.07, 6.45) is 9.68. The smallest absolute Gasteiger partial charge is 0.289 e. The molecule has 2 fully saturated rings. The molecule has 0 heterocycles. The van der Waals surface area contributed by atoms with Crippen LogP contribution >= 0.6 is 11.8 Å². The van der Waals surface area contributed by atoms with Gasteiger partial charge in [-0.3, -0.25) is 24.0 Å². The minimum absolute atomic E-state index is 0.0415. The van der Waals surface area contributed by atoms with Crippen LogP contribution in [-0.2, 0) is 24.0 Å². The second-order valence-corrected chi connectivity index (χ2v) is 12.2. The van der Waals surface area contributed by atoms with E-state index in [0.29, 0.717) is 18.6 Å². The average Bonchev–Trinajstić information content (AvgIpc) is 3.62. The number of rotatable bonds is 13. The highest BCUT2D eigenvalue weighted by Gasteiger charge is 2.37. The molecule has 0 aliphatic heterocycles. The third-order valence-electron chi connectivity index (χ3n) is 6.78. The van der Waals surface area contributed by atoms with E-state index in [9.17, 15) is 24.0 Å². The maximum atomic E-state index is 13.5. The van der Waals surface area contributed by atoms with Gasteiger partial charge in [0.2, 0.25) is 23.5 Å². The van der Waals surface area contributed by atoms with E-state index in [-0.39, 0.29) is 17.9 Å². The first-order valence-electron chi connectivity index (χ1n) is 13.1. The van der Waals surface area contributed by atoms with E-state index >= 15 is 0 Å². The van der Waals surface area contributed by atoms with Crippen molar-refractivity contribution in [1.29, 1.82) is 0 Å². The fourth-order valence-electron chi connectivity index (χ4n) is 4.54. The number of hydrogen-bond acceptors (Lipinski definition) is 6. The SMILES string of the molecule is CSCC[C@H](NC(=O)[C@H](CC1CCCCC1)NC(=O)C(NC(C)=O)C(C)(C)C)C(=O)C(=O)NC1CC1. The fourth-order valence-corrected chi connectivity index (χ4v) is 5.01. The van der Waals surface area contributed by atoms with Crippen molar-refractivity contribution >= 4 is 41.2 Å². The molecule has 0 radical (unpaired) electrons. The Morgan fingerprint density at radius 1 is 0.861 bits per heavy atom. The standard InChI is InChI=1S/C26H44N4O5S/c1-16(31)27-22(26(2,3)4)25(35)30-20(15-17-9-7-6-8-10-17)23(33)29-19(13-14-36-5)21(32)24(34)28-18-11-12-18/h17-20,22H,6-15H2,1-5H3,(H,27,31)(H,28,34)(H,29,33)(H,30,35)/t19-,20-,22?/m0/s1. The molecule has 10 heteroatoms. The first-order chi connectivity index (χ1) is 16.9. The van der Waals surface area contributed by atoms with Crippen LogP contribution in [0.2, 0.25) is 0 Å². The first-order valence-corrected chi connectivity index (χ1v) is 14.5. The molecule has 3 atom stereocenters. The number of ketones is 1. The quantitative estimate of drug-likeness (QED) is 0.273. The highest BCUT2D eigenvalue weighted by molar-refractivity contribution is 7.98. The van der Waals surface area contributed by atoms with Crippen LogP contribution in [0, 0.1) is 11.3 Å². The molecule has 0 spiro atoms. The largest absolute Gasteiger partial charge is 0.347 e. The second kappa shape index (κ2) is 14.0. The van der Waals surface area contributed by atoms with E-state index in [1.54, 1.807) is 0 Å². The van der Waals surface area contributed by atoms with E-state index in [1.165, 1.54) is 18.7 Å². The predicted molar refractivity (Wildman–Crippen MR) is 141 cm³/mol. The Hall–Kier alpha value is -2.10. The Labute approximate surface area is 219 Å². The lowest BCUT2D eigenvalue weighted by Gasteiger charge is -2.33. The first kappa shape index (κ1) is 30.1. The maximum Gasteiger partial charge on any atom is 0.289 e. The molecule has 0 saturated heterocycles. The van der Waals surface area contributed by atoms with Crippen LogP contribution in [0.15, 0.2) is 0 Å². The van der Waals surface area contributed by atoms with Gasteiger partial charge in [0, 0.05) is 13.0 Å². The Kier molecular flexibility index (Phi) is 11.7. The summed E-state index contributed by atoms with van der Waals surface area (Å²) in [5, 5.41) is 11.0. The van der Waals surface area contributed by atoms with Crippen LogP contribution in [0.1, 0.15) is 85.5 Å². The molecule has 36 heavy (non-hydrogen) atoms. The number of hydrogen-bond donors (Lipinski definition) is 4. The third-order valence-corrected chi connectivity index (χ3v) is 7.43.